The Labute approximate surface area is 118 Å². The van der Waals surface area contributed by atoms with E-state index in [1.165, 1.54) is 12.8 Å². The lowest BCUT2D eigenvalue weighted by atomic mass is 9.75. The molecular weight excluding hydrogens is 252 g/mol. The lowest BCUT2D eigenvalue weighted by Gasteiger charge is -2.35. The molecule has 1 N–H and O–H groups in total. The summed E-state index contributed by atoms with van der Waals surface area (Å²) in [4.78, 5) is 15.6. The summed E-state index contributed by atoms with van der Waals surface area (Å²) in [5.41, 5.74) is 2.26. The third-order valence-corrected chi connectivity index (χ3v) is 4.54. The first-order valence-electron chi connectivity index (χ1n) is 7.17. The van der Waals surface area contributed by atoms with Crippen LogP contribution in [0.15, 0.2) is 24.5 Å². The highest BCUT2D eigenvalue weighted by Gasteiger charge is 2.28. The number of aromatic carboxylic acids is 1. The van der Waals surface area contributed by atoms with Gasteiger partial charge in [-0.05, 0) is 43.2 Å². The molecule has 1 aliphatic carbocycles. The lowest BCUT2D eigenvalue weighted by molar-refractivity contribution is 0.0699. The number of para-hydroxylation sites is 1. The molecule has 0 radical (unpaired) electrons. The molecule has 2 aromatic rings. The first-order chi connectivity index (χ1) is 9.48. The first kappa shape index (κ1) is 13.2. The summed E-state index contributed by atoms with van der Waals surface area (Å²) < 4.78 is 2.16. The molecular formula is C16H20N2O2. The molecule has 3 rings (SSSR count). The van der Waals surface area contributed by atoms with Crippen LogP contribution in [0, 0.1) is 5.41 Å². The summed E-state index contributed by atoms with van der Waals surface area (Å²) in [6, 6.07) is 5.83. The van der Waals surface area contributed by atoms with Crippen LogP contribution >= 0.6 is 0 Å². The fourth-order valence-corrected chi connectivity index (χ4v) is 3.18. The first-order valence-corrected chi connectivity index (χ1v) is 7.17. The summed E-state index contributed by atoms with van der Waals surface area (Å²) in [6.45, 7) is 4.63. The number of carboxylic acids is 1. The third kappa shape index (κ3) is 2.19. The Kier molecular flexibility index (Phi) is 3.04. The zero-order chi connectivity index (χ0) is 14.3. The zero-order valence-electron chi connectivity index (χ0n) is 12.0. The van der Waals surface area contributed by atoms with Crippen molar-refractivity contribution in [1.29, 1.82) is 0 Å². The van der Waals surface area contributed by atoms with E-state index in [-0.39, 0.29) is 5.56 Å². The Hall–Kier alpha value is -1.84. The van der Waals surface area contributed by atoms with Crippen molar-refractivity contribution in [2.45, 2.75) is 45.6 Å². The van der Waals surface area contributed by atoms with Crippen molar-refractivity contribution < 1.29 is 9.90 Å². The predicted molar refractivity (Wildman–Crippen MR) is 78.0 cm³/mol. The Bertz CT molecular complexity index is 648. The van der Waals surface area contributed by atoms with Gasteiger partial charge in [-0.3, -0.25) is 0 Å². The largest absolute Gasteiger partial charge is 0.478 e. The van der Waals surface area contributed by atoms with Crippen molar-refractivity contribution in [2.24, 2.45) is 5.41 Å². The van der Waals surface area contributed by atoms with Crippen LogP contribution in [0.5, 0.6) is 0 Å². The second-order valence-electron chi connectivity index (χ2n) is 6.53. The summed E-state index contributed by atoms with van der Waals surface area (Å²) in [7, 11) is 0. The Balaban J connectivity index is 1.98. The maximum Gasteiger partial charge on any atom is 0.337 e. The van der Waals surface area contributed by atoms with Crippen LogP contribution < -0.4 is 0 Å². The minimum Gasteiger partial charge on any atom is -0.478 e. The van der Waals surface area contributed by atoms with Crippen molar-refractivity contribution in [3.8, 4) is 0 Å². The van der Waals surface area contributed by atoms with Gasteiger partial charge in [-0.2, -0.15) is 0 Å². The van der Waals surface area contributed by atoms with E-state index < -0.39 is 5.97 Å². The van der Waals surface area contributed by atoms with Gasteiger partial charge < -0.3 is 9.67 Å². The second kappa shape index (κ2) is 4.62. The second-order valence-corrected chi connectivity index (χ2v) is 6.53. The smallest absolute Gasteiger partial charge is 0.337 e. The van der Waals surface area contributed by atoms with Crippen molar-refractivity contribution in [2.75, 3.05) is 0 Å². The van der Waals surface area contributed by atoms with Crippen LogP contribution in [-0.2, 0) is 0 Å². The van der Waals surface area contributed by atoms with Gasteiger partial charge in [-0.1, -0.05) is 19.9 Å². The van der Waals surface area contributed by atoms with Gasteiger partial charge in [0.05, 0.1) is 17.4 Å². The van der Waals surface area contributed by atoms with Gasteiger partial charge in [0.1, 0.15) is 5.52 Å². The van der Waals surface area contributed by atoms with E-state index in [1.807, 2.05) is 6.07 Å². The molecule has 0 saturated heterocycles. The molecule has 1 aromatic heterocycles. The van der Waals surface area contributed by atoms with Crippen LogP contribution in [0.1, 0.15) is 55.9 Å². The van der Waals surface area contributed by atoms with E-state index in [0.29, 0.717) is 17.0 Å². The molecule has 1 aliphatic rings. The number of rotatable bonds is 2. The average Bonchev–Trinajstić information content (AvgIpc) is 2.82. The van der Waals surface area contributed by atoms with Gasteiger partial charge in [0.2, 0.25) is 0 Å². The minimum absolute atomic E-state index is 0.289. The lowest BCUT2D eigenvalue weighted by Crippen LogP contribution is -2.23. The fraction of sp³-hybridized carbons (Fsp3) is 0.500. The number of carboxylic acid groups (broad SMARTS) is 1. The van der Waals surface area contributed by atoms with E-state index in [4.69, 9.17) is 0 Å². The van der Waals surface area contributed by atoms with Crippen molar-refractivity contribution >= 4 is 17.0 Å². The molecule has 0 aliphatic heterocycles. The van der Waals surface area contributed by atoms with E-state index in [0.717, 1.165) is 18.4 Å². The van der Waals surface area contributed by atoms with Crippen LogP contribution in [0.2, 0.25) is 0 Å². The van der Waals surface area contributed by atoms with Gasteiger partial charge in [0.25, 0.3) is 0 Å². The van der Waals surface area contributed by atoms with Gasteiger partial charge in [-0.15, -0.1) is 0 Å². The number of nitrogens with zero attached hydrogens (tertiary/aromatic N) is 2. The monoisotopic (exact) mass is 272 g/mol. The molecule has 4 heteroatoms. The average molecular weight is 272 g/mol. The maximum absolute atomic E-state index is 11.2. The van der Waals surface area contributed by atoms with E-state index in [9.17, 15) is 9.90 Å². The molecule has 20 heavy (non-hydrogen) atoms. The van der Waals surface area contributed by atoms with Crippen molar-refractivity contribution in [1.82, 2.24) is 9.55 Å². The van der Waals surface area contributed by atoms with E-state index >= 15 is 0 Å². The summed E-state index contributed by atoms with van der Waals surface area (Å²) in [6.07, 6.45) is 6.48. The molecule has 1 aromatic carbocycles. The SMILES string of the molecule is CC1(C)CCC(n2cnc3c(C(=O)O)cccc32)CC1. The highest BCUT2D eigenvalue weighted by Crippen LogP contribution is 2.41. The summed E-state index contributed by atoms with van der Waals surface area (Å²) in [5, 5.41) is 9.22. The van der Waals surface area contributed by atoms with Gasteiger partial charge in [-0.25, -0.2) is 9.78 Å². The Morgan fingerprint density at radius 1 is 1.35 bits per heavy atom. The van der Waals surface area contributed by atoms with Crippen molar-refractivity contribution in [3.05, 3.63) is 30.1 Å². The molecule has 106 valence electrons. The van der Waals surface area contributed by atoms with Gasteiger partial charge in [0, 0.05) is 6.04 Å². The molecule has 1 fully saturated rings. The molecule has 4 nitrogen and oxygen atoms in total. The number of fused-ring (bicyclic) bond motifs is 1. The molecule has 0 unspecified atom stereocenters. The highest BCUT2D eigenvalue weighted by molar-refractivity contribution is 6.00. The molecule has 0 bridgehead atoms. The fourth-order valence-electron chi connectivity index (χ4n) is 3.18. The number of carbonyl (C=O) groups is 1. The molecule has 1 heterocycles. The summed E-state index contributed by atoms with van der Waals surface area (Å²) >= 11 is 0. The molecule has 0 spiro atoms. The van der Waals surface area contributed by atoms with Crippen LogP contribution in [-0.4, -0.2) is 20.6 Å². The van der Waals surface area contributed by atoms with Crippen LogP contribution in [0.3, 0.4) is 0 Å². The number of hydrogen-bond donors (Lipinski definition) is 1. The molecule has 0 atom stereocenters. The summed E-state index contributed by atoms with van der Waals surface area (Å²) in [5.74, 6) is -0.911. The Morgan fingerprint density at radius 3 is 2.70 bits per heavy atom. The number of hydrogen-bond acceptors (Lipinski definition) is 2. The zero-order valence-corrected chi connectivity index (χ0v) is 12.0. The predicted octanol–water partition coefficient (Wildman–Crippen LogP) is 3.88. The van der Waals surface area contributed by atoms with Crippen LogP contribution in [0.4, 0.5) is 0 Å². The number of benzene rings is 1. The Morgan fingerprint density at radius 2 is 2.05 bits per heavy atom. The molecule has 1 saturated carbocycles. The topological polar surface area (TPSA) is 55.1 Å². The van der Waals surface area contributed by atoms with Gasteiger partial charge >= 0.3 is 5.97 Å². The highest BCUT2D eigenvalue weighted by atomic mass is 16.4. The normalized spacial score (nSPS) is 19.3. The van der Waals surface area contributed by atoms with E-state index in [1.54, 1.807) is 18.5 Å². The quantitative estimate of drug-likeness (QED) is 0.902. The molecule has 0 amide bonds. The van der Waals surface area contributed by atoms with Crippen LogP contribution in [0.25, 0.3) is 11.0 Å². The number of imidazole rings is 1. The minimum atomic E-state index is -0.911. The number of aromatic nitrogens is 2. The standard InChI is InChI=1S/C16H20N2O2/c1-16(2)8-6-11(7-9-16)18-10-17-14-12(15(19)20)4-3-5-13(14)18/h3-5,10-11H,6-9H2,1-2H3,(H,19,20). The van der Waals surface area contributed by atoms with Crippen molar-refractivity contribution in [3.63, 3.8) is 0 Å². The van der Waals surface area contributed by atoms with E-state index in [2.05, 4.69) is 23.4 Å². The maximum atomic E-state index is 11.2. The third-order valence-electron chi connectivity index (χ3n) is 4.54. The van der Waals surface area contributed by atoms with Gasteiger partial charge in [0.15, 0.2) is 0 Å².